The quantitative estimate of drug-likeness (QED) is 0.730. The van der Waals surface area contributed by atoms with Gasteiger partial charge in [-0.15, -0.1) is 0 Å². The number of amides is 1. The fourth-order valence-corrected chi connectivity index (χ4v) is 2.20. The molecule has 3 N–H and O–H groups in total. The number of nitrogens with one attached hydrogen (secondary N) is 2. The lowest BCUT2D eigenvalue weighted by Gasteiger charge is -2.13. The number of carbonyl (C=O) groups excluding carboxylic acids is 1. The Morgan fingerprint density at radius 3 is 2.52 bits per heavy atom. The van der Waals surface area contributed by atoms with Crippen molar-refractivity contribution in [1.82, 2.24) is 15.5 Å². The van der Waals surface area contributed by atoms with E-state index in [9.17, 15) is 14.7 Å². The number of carboxylic acids is 1. The van der Waals surface area contributed by atoms with Crippen LogP contribution in [-0.4, -0.2) is 33.7 Å². The number of nitrogens with zero attached hydrogens (tertiary/aromatic N) is 1. The Bertz CT molecular complexity index is 665. The third-order valence-corrected chi connectivity index (χ3v) is 3.64. The molecule has 1 aromatic carbocycles. The highest BCUT2D eigenvalue weighted by atomic mass is 16.4. The standard InChI is InChI=1S/C17H21N3O3/c1-11(2)14-9-15(20-19-14)16(21)18-10-13(17(22)23)8-12-6-4-3-5-7-12/h3-7,9,11,13H,8,10H2,1-2H3,(H,18,21)(H,19,20)(H,22,23). The summed E-state index contributed by atoms with van der Waals surface area (Å²) in [5.41, 5.74) is 2.07. The van der Waals surface area contributed by atoms with Crippen molar-refractivity contribution < 1.29 is 14.7 Å². The summed E-state index contributed by atoms with van der Waals surface area (Å²) in [6.07, 6.45) is 0.369. The number of rotatable bonds is 7. The molecule has 6 nitrogen and oxygen atoms in total. The number of hydrogen-bond acceptors (Lipinski definition) is 3. The van der Waals surface area contributed by atoms with Crippen molar-refractivity contribution in [1.29, 1.82) is 0 Å². The monoisotopic (exact) mass is 315 g/mol. The second kappa shape index (κ2) is 7.58. The molecule has 1 atom stereocenters. The Morgan fingerprint density at radius 1 is 1.26 bits per heavy atom. The molecule has 23 heavy (non-hydrogen) atoms. The molecule has 0 radical (unpaired) electrons. The topological polar surface area (TPSA) is 95.1 Å². The average molecular weight is 315 g/mol. The van der Waals surface area contributed by atoms with Crippen LogP contribution in [0.4, 0.5) is 0 Å². The smallest absolute Gasteiger partial charge is 0.308 e. The molecule has 122 valence electrons. The first-order valence-corrected chi connectivity index (χ1v) is 7.57. The molecule has 0 saturated heterocycles. The molecule has 0 aliphatic heterocycles. The number of carboxylic acid groups (broad SMARTS) is 1. The molecular weight excluding hydrogens is 294 g/mol. The Labute approximate surface area is 134 Å². The normalized spacial score (nSPS) is 12.1. The van der Waals surface area contributed by atoms with E-state index in [0.717, 1.165) is 11.3 Å². The van der Waals surface area contributed by atoms with Gasteiger partial charge >= 0.3 is 5.97 Å². The van der Waals surface area contributed by atoms with E-state index in [4.69, 9.17) is 0 Å². The summed E-state index contributed by atoms with van der Waals surface area (Å²) >= 11 is 0. The van der Waals surface area contributed by atoms with Crippen molar-refractivity contribution in [2.24, 2.45) is 5.92 Å². The maximum absolute atomic E-state index is 12.1. The van der Waals surface area contributed by atoms with E-state index in [-0.39, 0.29) is 24.1 Å². The molecule has 0 bridgehead atoms. The molecule has 0 aliphatic rings. The fourth-order valence-electron chi connectivity index (χ4n) is 2.20. The van der Waals surface area contributed by atoms with Gasteiger partial charge in [-0.2, -0.15) is 5.10 Å². The van der Waals surface area contributed by atoms with Crippen molar-refractivity contribution in [2.75, 3.05) is 6.54 Å². The van der Waals surface area contributed by atoms with Crippen molar-refractivity contribution in [3.05, 3.63) is 53.3 Å². The van der Waals surface area contributed by atoms with E-state index in [1.807, 2.05) is 44.2 Å². The van der Waals surface area contributed by atoms with Crippen LogP contribution in [0.2, 0.25) is 0 Å². The van der Waals surface area contributed by atoms with E-state index in [1.54, 1.807) is 6.07 Å². The second-order valence-corrected chi connectivity index (χ2v) is 5.80. The summed E-state index contributed by atoms with van der Waals surface area (Å²) in [4.78, 5) is 23.4. The van der Waals surface area contributed by atoms with Gasteiger partial charge in [-0.25, -0.2) is 0 Å². The van der Waals surface area contributed by atoms with Crippen LogP contribution < -0.4 is 5.32 Å². The van der Waals surface area contributed by atoms with Crippen LogP contribution in [-0.2, 0) is 11.2 Å². The summed E-state index contributed by atoms with van der Waals surface area (Å²) < 4.78 is 0. The summed E-state index contributed by atoms with van der Waals surface area (Å²) in [5, 5.41) is 18.7. The predicted molar refractivity (Wildman–Crippen MR) is 86.3 cm³/mol. The molecule has 1 aromatic heterocycles. The van der Waals surface area contributed by atoms with Crippen molar-refractivity contribution in [2.45, 2.75) is 26.2 Å². The van der Waals surface area contributed by atoms with Gasteiger partial charge in [0.15, 0.2) is 0 Å². The zero-order valence-electron chi connectivity index (χ0n) is 13.2. The molecule has 0 aliphatic carbocycles. The molecule has 2 aromatic rings. The molecule has 0 fully saturated rings. The number of carbonyl (C=O) groups is 2. The third kappa shape index (κ3) is 4.67. The lowest BCUT2D eigenvalue weighted by atomic mass is 9.99. The number of aromatic amines is 1. The van der Waals surface area contributed by atoms with Crippen LogP contribution in [0.15, 0.2) is 36.4 Å². The van der Waals surface area contributed by atoms with Gasteiger partial charge in [0.25, 0.3) is 5.91 Å². The molecule has 6 heteroatoms. The summed E-state index contributed by atoms with van der Waals surface area (Å²) in [6, 6.07) is 11.0. The minimum atomic E-state index is -0.931. The van der Waals surface area contributed by atoms with Gasteiger partial charge in [0.2, 0.25) is 0 Å². The first-order chi connectivity index (χ1) is 11.0. The molecule has 1 amide bonds. The third-order valence-electron chi connectivity index (χ3n) is 3.64. The van der Waals surface area contributed by atoms with Gasteiger partial charge in [-0.1, -0.05) is 44.2 Å². The van der Waals surface area contributed by atoms with Gasteiger partial charge < -0.3 is 10.4 Å². The Morgan fingerprint density at radius 2 is 1.96 bits per heavy atom. The van der Waals surface area contributed by atoms with E-state index >= 15 is 0 Å². The Hall–Kier alpha value is -2.63. The molecular formula is C17H21N3O3. The second-order valence-electron chi connectivity index (χ2n) is 5.80. The van der Waals surface area contributed by atoms with Crippen LogP contribution in [0.25, 0.3) is 0 Å². The largest absolute Gasteiger partial charge is 0.481 e. The summed E-state index contributed by atoms with van der Waals surface area (Å²) in [6.45, 7) is 4.05. The maximum Gasteiger partial charge on any atom is 0.308 e. The lowest BCUT2D eigenvalue weighted by Crippen LogP contribution is -2.34. The van der Waals surface area contributed by atoms with Crippen LogP contribution in [0.5, 0.6) is 0 Å². The number of aliphatic carboxylic acids is 1. The van der Waals surface area contributed by atoms with E-state index in [2.05, 4.69) is 15.5 Å². The Balaban J connectivity index is 1.95. The highest BCUT2D eigenvalue weighted by molar-refractivity contribution is 5.92. The Kier molecular flexibility index (Phi) is 5.51. The number of aromatic nitrogens is 2. The van der Waals surface area contributed by atoms with Crippen molar-refractivity contribution in [3.8, 4) is 0 Å². The van der Waals surface area contributed by atoms with Gasteiger partial charge in [-0.3, -0.25) is 14.7 Å². The maximum atomic E-state index is 12.1. The van der Waals surface area contributed by atoms with Gasteiger partial charge in [-0.05, 0) is 24.0 Å². The lowest BCUT2D eigenvalue weighted by molar-refractivity contribution is -0.141. The number of benzene rings is 1. The number of hydrogen-bond donors (Lipinski definition) is 3. The molecule has 0 spiro atoms. The minimum Gasteiger partial charge on any atom is -0.481 e. The fraction of sp³-hybridized carbons (Fsp3) is 0.353. The zero-order valence-corrected chi connectivity index (χ0v) is 13.2. The van der Waals surface area contributed by atoms with Gasteiger partial charge in [0, 0.05) is 12.2 Å². The van der Waals surface area contributed by atoms with Crippen molar-refractivity contribution >= 4 is 11.9 Å². The zero-order chi connectivity index (χ0) is 16.8. The first kappa shape index (κ1) is 16.7. The highest BCUT2D eigenvalue weighted by Crippen LogP contribution is 2.12. The number of H-pyrrole nitrogens is 1. The summed E-state index contributed by atoms with van der Waals surface area (Å²) in [7, 11) is 0. The SMILES string of the molecule is CC(C)c1cc(C(=O)NCC(Cc2ccccc2)C(=O)O)n[nH]1. The minimum absolute atomic E-state index is 0.0624. The van der Waals surface area contributed by atoms with Crippen LogP contribution in [0.3, 0.4) is 0 Å². The van der Waals surface area contributed by atoms with Crippen LogP contribution in [0.1, 0.15) is 41.5 Å². The highest BCUT2D eigenvalue weighted by Gasteiger charge is 2.20. The average Bonchev–Trinajstić information content (AvgIpc) is 3.02. The van der Waals surface area contributed by atoms with E-state index < -0.39 is 11.9 Å². The first-order valence-electron chi connectivity index (χ1n) is 7.57. The van der Waals surface area contributed by atoms with E-state index in [0.29, 0.717) is 6.42 Å². The predicted octanol–water partition coefficient (Wildman–Crippen LogP) is 2.21. The molecule has 0 saturated carbocycles. The van der Waals surface area contributed by atoms with Gasteiger partial charge in [0.05, 0.1) is 5.92 Å². The molecule has 2 rings (SSSR count). The van der Waals surface area contributed by atoms with Crippen molar-refractivity contribution in [3.63, 3.8) is 0 Å². The van der Waals surface area contributed by atoms with Crippen LogP contribution in [0, 0.1) is 5.92 Å². The molecule has 1 heterocycles. The summed E-state index contributed by atoms with van der Waals surface area (Å²) in [5.74, 6) is -1.73. The molecule has 1 unspecified atom stereocenters. The van der Waals surface area contributed by atoms with E-state index in [1.165, 1.54) is 0 Å². The van der Waals surface area contributed by atoms with Crippen LogP contribution >= 0.6 is 0 Å². The van der Waals surface area contributed by atoms with Gasteiger partial charge in [0.1, 0.15) is 5.69 Å².